The van der Waals surface area contributed by atoms with Gasteiger partial charge < -0.3 is 14.4 Å². The van der Waals surface area contributed by atoms with Crippen LogP contribution in [0.3, 0.4) is 0 Å². The molecule has 0 spiro atoms. The van der Waals surface area contributed by atoms with Crippen LogP contribution in [0, 0.1) is 5.92 Å². The van der Waals surface area contributed by atoms with Gasteiger partial charge in [-0.25, -0.2) is 0 Å². The predicted molar refractivity (Wildman–Crippen MR) is 113 cm³/mol. The topological polar surface area (TPSA) is 59.1 Å². The van der Waals surface area contributed by atoms with Gasteiger partial charge in [0.2, 0.25) is 5.91 Å². The Hall–Kier alpha value is -2.86. The maximum absolute atomic E-state index is 13.3. The quantitative estimate of drug-likeness (QED) is 0.734. The van der Waals surface area contributed by atoms with Crippen molar-refractivity contribution in [2.45, 2.75) is 31.3 Å². The van der Waals surface area contributed by atoms with Gasteiger partial charge in [-0.2, -0.15) is 0 Å². The fourth-order valence-electron chi connectivity index (χ4n) is 5.43. The zero-order valence-electron chi connectivity index (χ0n) is 17.3. The van der Waals surface area contributed by atoms with Crippen LogP contribution in [0.4, 0.5) is 5.69 Å². The molecule has 0 saturated carbocycles. The van der Waals surface area contributed by atoms with Gasteiger partial charge in [-0.05, 0) is 48.2 Å². The maximum Gasteiger partial charge on any atom is 0.239 e. The van der Waals surface area contributed by atoms with Crippen LogP contribution in [-0.4, -0.2) is 49.9 Å². The number of Topliss-reactive ketones (excluding diaryl/α,β-unsaturated/α-hetero) is 1. The number of methoxy groups -OCH3 is 2. The minimum absolute atomic E-state index is 0.00150. The molecule has 156 valence electrons. The summed E-state index contributed by atoms with van der Waals surface area (Å²) in [4.78, 5) is 30.7. The van der Waals surface area contributed by atoms with E-state index >= 15 is 0 Å². The summed E-state index contributed by atoms with van der Waals surface area (Å²) in [7, 11) is 3.27. The lowest BCUT2D eigenvalue weighted by molar-refractivity contribution is -0.144. The lowest BCUT2D eigenvalue weighted by Crippen LogP contribution is -2.62. The lowest BCUT2D eigenvalue weighted by atomic mass is 9.75. The highest BCUT2D eigenvalue weighted by atomic mass is 16.5. The second-order valence-electron chi connectivity index (χ2n) is 8.24. The lowest BCUT2D eigenvalue weighted by Gasteiger charge is -2.51. The van der Waals surface area contributed by atoms with Crippen LogP contribution in [0.25, 0.3) is 0 Å². The van der Waals surface area contributed by atoms with Crippen molar-refractivity contribution in [3.8, 4) is 11.5 Å². The minimum atomic E-state index is -0.572. The van der Waals surface area contributed by atoms with Crippen LogP contribution in [0.2, 0.25) is 0 Å². The molecule has 3 unspecified atom stereocenters. The van der Waals surface area contributed by atoms with E-state index in [2.05, 4.69) is 4.90 Å². The molecule has 6 heteroatoms. The molecule has 6 nitrogen and oxygen atoms in total. The van der Waals surface area contributed by atoms with E-state index < -0.39 is 5.92 Å². The molecule has 5 rings (SSSR count). The van der Waals surface area contributed by atoms with Crippen LogP contribution >= 0.6 is 0 Å². The predicted octanol–water partition coefficient (Wildman–Crippen LogP) is 3.00. The number of para-hydroxylation sites is 1. The Bertz CT molecular complexity index is 990. The number of carbonyl (C=O) groups excluding carboxylic acids is 2. The first-order valence-corrected chi connectivity index (χ1v) is 10.5. The molecule has 2 aromatic carbocycles. The monoisotopic (exact) mass is 406 g/mol. The van der Waals surface area contributed by atoms with E-state index in [1.165, 1.54) is 5.56 Å². The Kier molecular flexibility index (Phi) is 4.74. The van der Waals surface area contributed by atoms with Crippen molar-refractivity contribution < 1.29 is 19.1 Å². The summed E-state index contributed by atoms with van der Waals surface area (Å²) < 4.78 is 11.0. The largest absolute Gasteiger partial charge is 0.493 e. The number of hydrogen-bond acceptors (Lipinski definition) is 5. The van der Waals surface area contributed by atoms with Crippen LogP contribution in [-0.2, 0) is 16.0 Å². The molecule has 3 aliphatic heterocycles. The first kappa shape index (κ1) is 19.1. The summed E-state index contributed by atoms with van der Waals surface area (Å²) in [5, 5.41) is 0. The highest BCUT2D eigenvalue weighted by molar-refractivity contribution is 6.10. The van der Waals surface area contributed by atoms with Gasteiger partial charge in [-0.15, -0.1) is 0 Å². The Morgan fingerprint density at radius 3 is 2.43 bits per heavy atom. The smallest absolute Gasteiger partial charge is 0.239 e. The second kappa shape index (κ2) is 7.43. The molecule has 0 bridgehead atoms. The molecule has 0 N–H and O–H groups in total. The molecule has 0 aromatic heterocycles. The van der Waals surface area contributed by atoms with E-state index in [0.717, 1.165) is 36.4 Å². The second-order valence-corrected chi connectivity index (χ2v) is 8.24. The highest BCUT2D eigenvalue weighted by Gasteiger charge is 2.51. The number of ether oxygens (including phenoxy) is 2. The van der Waals surface area contributed by atoms with Crippen molar-refractivity contribution in [2.24, 2.45) is 5.92 Å². The van der Waals surface area contributed by atoms with Gasteiger partial charge in [0.15, 0.2) is 11.5 Å². The Balaban J connectivity index is 1.47. The first-order chi connectivity index (χ1) is 14.6. The number of rotatable bonds is 3. The summed E-state index contributed by atoms with van der Waals surface area (Å²) in [6.07, 6.45) is 2.04. The van der Waals surface area contributed by atoms with E-state index in [9.17, 15) is 9.59 Å². The first-order valence-electron chi connectivity index (χ1n) is 10.5. The van der Waals surface area contributed by atoms with E-state index in [4.69, 9.17) is 9.47 Å². The van der Waals surface area contributed by atoms with Gasteiger partial charge >= 0.3 is 0 Å². The number of benzene rings is 2. The van der Waals surface area contributed by atoms with Crippen LogP contribution in [0.1, 0.15) is 30.0 Å². The third kappa shape index (κ3) is 2.89. The summed E-state index contributed by atoms with van der Waals surface area (Å²) in [6.45, 7) is 1.49. The average Bonchev–Trinajstić information content (AvgIpc) is 2.78. The van der Waals surface area contributed by atoms with Crippen LogP contribution in [0.5, 0.6) is 11.5 Å². The third-order valence-corrected chi connectivity index (χ3v) is 6.84. The molecule has 3 heterocycles. The summed E-state index contributed by atoms with van der Waals surface area (Å²) in [6, 6.07) is 13.7. The number of carbonyl (C=O) groups is 2. The molecule has 2 saturated heterocycles. The minimum Gasteiger partial charge on any atom is -0.493 e. The molecular weight excluding hydrogens is 380 g/mol. The maximum atomic E-state index is 13.3. The van der Waals surface area contributed by atoms with E-state index in [-0.39, 0.29) is 23.8 Å². The molecule has 0 radical (unpaired) electrons. The van der Waals surface area contributed by atoms with Gasteiger partial charge in [-0.1, -0.05) is 18.2 Å². The zero-order chi connectivity index (χ0) is 20.8. The van der Waals surface area contributed by atoms with Gasteiger partial charge in [0.25, 0.3) is 0 Å². The Morgan fingerprint density at radius 2 is 1.70 bits per heavy atom. The molecule has 3 atom stereocenters. The standard InChI is InChI=1S/C24H26N2O4/c1-29-21-12-15-8-10-26-18-9-11-25(16-6-4-3-5-7-16)24(28)23(18)20(27)14-19(26)17(15)13-22(21)30-2/h3-7,12-13,18-19,23H,8-11,14H2,1-2H3. The highest BCUT2D eigenvalue weighted by Crippen LogP contribution is 2.46. The summed E-state index contributed by atoms with van der Waals surface area (Å²) in [5.41, 5.74) is 3.20. The number of nitrogens with zero attached hydrogens (tertiary/aromatic N) is 2. The van der Waals surface area contributed by atoms with Crippen molar-refractivity contribution in [2.75, 3.05) is 32.2 Å². The molecule has 1 amide bonds. The van der Waals surface area contributed by atoms with E-state index in [0.29, 0.717) is 18.7 Å². The summed E-state index contributed by atoms with van der Waals surface area (Å²) in [5.74, 6) is 0.823. The van der Waals surface area contributed by atoms with E-state index in [1.54, 1.807) is 19.1 Å². The van der Waals surface area contributed by atoms with Crippen molar-refractivity contribution >= 4 is 17.4 Å². The van der Waals surface area contributed by atoms with Crippen LogP contribution in [0.15, 0.2) is 42.5 Å². The number of hydrogen-bond donors (Lipinski definition) is 0. The van der Waals surface area contributed by atoms with Gasteiger partial charge in [0.05, 0.1) is 14.2 Å². The SMILES string of the molecule is COc1cc2c(cc1OC)C1CC(=O)C3C(=O)N(c4ccccc4)CCC3N1CC2. The molecule has 3 aliphatic rings. The third-order valence-electron chi connectivity index (χ3n) is 6.84. The van der Waals surface area contributed by atoms with Crippen molar-refractivity contribution in [3.63, 3.8) is 0 Å². The van der Waals surface area contributed by atoms with Crippen molar-refractivity contribution in [3.05, 3.63) is 53.6 Å². The molecular formula is C24H26N2O4. The molecule has 30 heavy (non-hydrogen) atoms. The fourth-order valence-corrected chi connectivity index (χ4v) is 5.43. The molecule has 0 aliphatic carbocycles. The molecule has 2 fully saturated rings. The Labute approximate surface area is 176 Å². The number of fused-ring (bicyclic) bond motifs is 5. The number of piperidine rings is 2. The zero-order valence-corrected chi connectivity index (χ0v) is 17.3. The van der Waals surface area contributed by atoms with Gasteiger partial charge in [-0.3, -0.25) is 14.5 Å². The van der Waals surface area contributed by atoms with Gasteiger partial charge in [0, 0.05) is 37.3 Å². The summed E-state index contributed by atoms with van der Waals surface area (Å²) >= 11 is 0. The Morgan fingerprint density at radius 1 is 0.967 bits per heavy atom. The number of ketones is 1. The molecule has 2 aromatic rings. The van der Waals surface area contributed by atoms with E-state index in [1.807, 2.05) is 42.5 Å². The fraction of sp³-hybridized carbons (Fsp3) is 0.417. The van der Waals surface area contributed by atoms with Crippen LogP contribution < -0.4 is 14.4 Å². The average molecular weight is 406 g/mol. The number of anilines is 1. The van der Waals surface area contributed by atoms with Crippen molar-refractivity contribution in [1.82, 2.24) is 4.90 Å². The normalized spacial score (nSPS) is 25.9. The number of amides is 1. The van der Waals surface area contributed by atoms with Crippen molar-refractivity contribution in [1.29, 1.82) is 0 Å². The van der Waals surface area contributed by atoms with Gasteiger partial charge in [0.1, 0.15) is 11.7 Å².